The summed E-state index contributed by atoms with van der Waals surface area (Å²) in [5.41, 5.74) is -2.72. The van der Waals surface area contributed by atoms with Gasteiger partial charge in [0.1, 0.15) is 5.92 Å². The average molecular weight is 413 g/mol. The molecule has 0 bridgehead atoms. The lowest BCUT2D eigenvalue weighted by molar-refractivity contribution is -0.287. The monoisotopic (exact) mass is 412 g/mol. The summed E-state index contributed by atoms with van der Waals surface area (Å²) in [4.78, 5) is 25.0. The van der Waals surface area contributed by atoms with Crippen molar-refractivity contribution in [3.63, 3.8) is 0 Å². The third-order valence-corrected chi connectivity index (χ3v) is 4.91. The van der Waals surface area contributed by atoms with E-state index in [9.17, 15) is 27.9 Å². The minimum absolute atomic E-state index is 0.0767. The lowest BCUT2D eigenvalue weighted by Crippen LogP contribution is -2.72. The first-order chi connectivity index (χ1) is 13.0. The zero-order valence-corrected chi connectivity index (χ0v) is 15.3. The van der Waals surface area contributed by atoms with Crippen LogP contribution in [-0.2, 0) is 0 Å². The van der Waals surface area contributed by atoms with Gasteiger partial charge in [0.2, 0.25) is 5.72 Å². The van der Waals surface area contributed by atoms with Gasteiger partial charge in [0.15, 0.2) is 5.78 Å². The second kappa shape index (κ2) is 7.10. The number of amides is 2. The lowest BCUT2D eigenvalue weighted by atomic mass is 9.77. The van der Waals surface area contributed by atoms with Gasteiger partial charge in [0.05, 0.1) is 6.04 Å². The topological polar surface area (TPSA) is 78.4 Å². The highest BCUT2D eigenvalue weighted by atomic mass is 35.5. The van der Waals surface area contributed by atoms with E-state index < -0.39 is 35.7 Å². The summed E-state index contributed by atoms with van der Waals surface area (Å²) < 4.78 is 41.3. The molecule has 1 fully saturated rings. The number of hydrogen-bond acceptors (Lipinski definition) is 3. The minimum atomic E-state index is -5.29. The first-order valence-electron chi connectivity index (χ1n) is 8.27. The fourth-order valence-corrected chi connectivity index (χ4v) is 3.31. The van der Waals surface area contributed by atoms with E-state index in [1.54, 1.807) is 19.1 Å². The Hall–Kier alpha value is -2.58. The van der Waals surface area contributed by atoms with Crippen LogP contribution in [0, 0.1) is 12.8 Å². The molecule has 3 rings (SSSR count). The van der Waals surface area contributed by atoms with Crippen LogP contribution in [0.2, 0.25) is 5.02 Å². The molecule has 28 heavy (non-hydrogen) atoms. The molecule has 3 N–H and O–H groups in total. The van der Waals surface area contributed by atoms with Crippen molar-refractivity contribution in [2.45, 2.75) is 24.9 Å². The van der Waals surface area contributed by atoms with Crippen LogP contribution in [0.4, 0.5) is 18.0 Å². The quantitative estimate of drug-likeness (QED) is 0.672. The van der Waals surface area contributed by atoms with Crippen LogP contribution in [0.25, 0.3) is 0 Å². The second-order valence-electron chi connectivity index (χ2n) is 6.60. The fraction of sp³-hybridized carbons (Fsp3) is 0.263. The van der Waals surface area contributed by atoms with Crippen LogP contribution in [0.15, 0.2) is 48.5 Å². The van der Waals surface area contributed by atoms with Crippen molar-refractivity contribution in [3.05, 3.63) is 70.2 Å². The van der Waals surface area contributed by atoms with E-state index >= 15 is 0 Å². The Bertz CT molecular complexity index is 900. The maximum Gasteiger partial charge on any atom is 0.437 e. The third kappa shape index (κ3) is 3.57. The summed E-state index contributed by atoms with van der Waals surface area (Å²) in [5, 5.41) is 14.6. The molecule has 1 aliphatic heterocycles. The number of aliphatic hydroxyl groups is 1. The molecule has 2 aromatic rings. The minimum Gasteiger partial charge on any atom is -0.363 e. The Morgan fingerprint density at radius 1 is 1.11 bits per heavy atom. The second-order valence-corrected chi connectivity index (χ2v) is 7.04. The van der Waals surface area contributed by atoms with Gasteiger partial charge in [0.25, 0.3) is 0 Å². The number of aryl methyl sites for hydroxylation is 1. The largest absolute Gasteiger partial charge is 0.437 e. The zero-order chi connectivity index (χ0) is 20.7. The molecule has 0 radical (unpaired) electrons. The number of Topliss-reactive ketones (excluding diaryl/α,β-unsaturated/α-hetero) is 1. The highest BCUT2D eigenvalue weighted by molar-refractivity contribution is 6.30. The molecule has 1 saturated heterocycles. The van der Waals surface area contributed by atoms with Gasteiger partial charge in [-0.15, -0.1) is 0 Å². The Kier molecular flexibility index (Phi) is 5.12. The number of benzene rings is 2. The molecule has 2 amide bonds. The molecule has 0 spiro atoms. The lowest BCUT2D eigenvalue weighted by Gasteiger charge is -2.45. The molecule has 0 aromatic heterocycles. The van der Waals surface area contributed by atoms with E-state index in [0.717, 1.165) is 5.56 Å². The number of carbonyl (C=O) groups is 2. The summed E-state index contributed by atoms with van der Waals surface area (Å²) in [7, 11) is 0. The smallest absolute Gasteiger partial charge is 0.363 e. The van der Waals surface area contributed by atoms with Gasteiger partial charge in [-0.05, 0) is 36.8 Å². The first-order valence-corrected chi connectivity index (χ1v) is 8.65. The van der Waals surface area contributed by atoms with Crippen molar-refractivity contribution in [2.75, 3.05) is 0 Å². The van der Waals surface area contributed by atoms with Crippen LogP contribution in [0.3, 0.4) is 0 Å². The zero-order valence-electron chi connectivity index (χ0n) is 14.5. The number of alkyl halides is 3. The van der Waals surface area contributed by atoms with Gasteiger partial charge < -0.3 is 15.7 Å². The van der Waals surface area contributed by atoms with E-state index in [4.69, 9.17) is 11.6 Å². The molecule has 0 unspecified atom stereocenters. The fourth-order valence-electron chi connectivity index (χ4n) is 3.18. The number of halogens is 4. The van der Waals surface area contributed by atoms with Crippen LogP contribution in [-0.4, -0.2) is 28.8 Å². The normalized spacial score (nSPS) is 25.0. The summed E-state index contributed by atoms with van der Waals surface area (Å²) in [6, 6.07) is 8.91. The van der Waals surface area contributed by atoms with E-state index in [1.807, 2.05) is 0 Å². The molecule has 1 aliphatic rings. The molecule has 9 heteroatoms. The van der Waals surface area contributed by atoms with Crippen LogP contribution < -0.4 is 10.6 Å². The molecule has 1 heterocycles. The molecule has 148 valence electrons. The Labute approximate surface area is 163 Å². The Balaban J connectivity index is 2.15. The van der Waals surface area contributed by atoms with Crippen molar-refractivity contribution in [2.24, 2.45) is 5.92 Å². The predicted molar refractivity (Wildman–Crippen MR) is 95.9 cm³/mol. The van der Waals surface area contributed by atoms with Crippen molar-refractivity contribution < 1.29 is 27.9 Å². The number of carbonyl (C=O) groups excluding carboxylic acids is 2. The number of hydrogen-bond donors (Lipinski definition) is 3. The van der Waals surface area contributed by atoms with Gasteiger partial charge in [-0.3, -0.25) is 4.79 Å². The number of ketones is 1. The highest BCUT2D eigenvalue weighted by Gasteiger charge is 2.66. The molecule has 2 aromatic carbocycles. The van der Waals surface area contributed by atoms with Gasteiger partial charge >= 0.3 is 12.2 Å². The van der Waals surface area contributed by atoms with Crippen LogP contribution in [0.1, 0.15) is 27.5 Å². The van der Waals surface area contributed by atoms with E-state index in [0.29, 0.717) is 5.02 Å². The first kappa shape index (κ1) is 20.2. The van der Waals surface area contributed by atoms with E-state index in [1.165, 1.54) is 41.7 Å². The van der Waals surface area contributed by atoms with Gasteiger partial charge in [-0.2, -0.15) is 13.2 Å². The van der Waals surface area contributed by atoms with E-state index in [-0.39, 0.29) is 11.1 Å². The van der Waals surface area contributed by atoms with Crippen molar-refractivity contribution in [1.82, 2.24) is 10.6 Å². The maximum absolute atomic E-state index is 13.8. The maximum atomic E-state index is 13.8. The molecule has 0 aliphatic carbocycles. The van der Waals surface area contributed by atoms with Crippen LogP contribution >= 0.6 is 11.6 Å². The van der Waals surface area contributed by atoms with Gasteiger partial charge in [-0.25, -0.2) is 4.79 Å². The summed E-state index contributed by atoms with van der Waals surface area (Å²) in [6.07, 6.45) is -5.29. The summed E-state index contributed by atoms with van der Waals surface area (Å²) >= 11 is 5.78. The predicted octanol–water partition coefficient (Wildman–Crippen LogP) is 3.75. The van der Waals surface area contributed by atoms with Crippen molar-refractivity contribution >= 4 is 23.4 Å². The van der Waals surface area contributed by atoms with Gasteiger partial charge in [0, 0.05) is 10.6 Å². The third-order valence-electron chi connectivity index (χ3n) is 4.65. The van der Waals surface area contributed by atoms with Crippen LogP contribution in [0.5, 0.6) is 0 Å². The van der Waals surface area contributed by atoms with Crippen molar-refractivity contribution in [3.8, 4) is 0 Å². The van der Waals surface area contributed by atoms with Gasteiger partial charge in [-0.1, -0.05) is 41.4 Å². The standard InChI is InChI=1S/C19H16ClF3N2O3/c1-10-2-4-11(5-3-10)15-14(16(26)12-6-8-13(20)9-7-12)18(28,19(21,22)23)25-17(27)24-15/h2-9,14-15,28H,1H3,(H2,24,25,27)/t14-,15-,18+/m1/s1. The highest BCUT2D eigenvalue weighted by Crippen LogP contribution is 2.44. The molecular weight excluding hydrogens is 397 g/mol. The number of rotatable bonds is 3. The molecule has 0 saturated carbocycles. The molecular formula is C19H16ClF3N2O3. The SMILES string of the molecule is Cc1ccc([C@H]2NC(=O)N[C@@](O)(C(F)(F)F)[C@H]2C(=O)c2ccc(Cl)cc2)cc1. The molecule has 5 nitrogen and oxygen atoms in total. The Morgan fingerprint density at radius 3 is 2.21 bits per heavy atom. The number of nitrogens with one attached hydrogen (secondary N) is 2. The van der Waals surface area contributed by atoms with Crippen molar-refractivity contribution in [1.29, 1.82) is 0 Å². The molecule has 3 atom stereocenters. The number of urea groups is 1. The average Bonchev–Trinajstić information content (AvgIpc) is 2.61. The summed E-state index contributed by atoms with van der Waals surface area (Å²) in [5.74, 6) is -3.05. The summed E-state index contributed by atoms with van der Waals surface area (Å²) in [6.45, 7) is 1.78. The van der Waals surface area contributed by atoms with E-state index in [2.05, 4.69) is 5.32 Å². The Morgan fingerprint density at radius 2 is 1.68 bits per heavy atom.